The van der Waals surface area contributed by atoms with Gasteiger partial charge >= 0.3 is 17.8 Å². The first-order chi connectivity index (χ1) is 22.8. The van der Waals surface area contributed by atoms with Crippen LogP contribution in [0.2, 0.25) is 0 Å². The predicted molar refractivity (Wildman–Crippen MR) is 181 cm³/mol. The predicted octanol–water partition coefficient (Wildman–Crippen LogP) is 4.49. The molecule has 13 heteroatoms. The number of H-pyrrole nitrogens is 1. The second kappa shape index (κ2) is 13.7. The lowest BCUT2D eigenvalue weighted by Crippen LogP contribution is -2.57. The number of carbonyl (C=O) groups excluding carboxylic acids is 3. The van der Waals surface area contributed by atoms with Gasteiger partial charge < -0.3 is 34.7 Å². The molecule has 7 rings (SSSR count). The molecule has 3 aromatic rings. The van der Waals surface area contributed by atoms with Gasteiger partial charge in [0, 0.05) is 61.4 Å². The highest BCUT2D eigenvalue weighted by Gasteiger charge is 2.36. The number of para-hydroxylation sites is 1. The molecule has 0 aliphatic carbocycles. The summed E-state index contributed by atoms with van der Waals surface area (Å²) in [7, 11) is 0. The van der Waals surface area contributed by atoms with Crippen molar-refractivity contribution in [3.8, 4) is 0 Å². The molecule has 1 unspecified atom stereocenters. The first-order valence-corrected chi connectivity index (χ1v) is 17.7. The van der Waals surface area contributed by atoms with E-state index in [1.165, 1.54) is 19.3 Å². The van der Waals surface area contributed by atoms with E-state index in [0.29, 0.717) is 62.7 Å². The first-order valence-electron chi connectivity index (χ1n) is 16.9. The molecule has 3 N–H and O–H groups in total. The van der Waals surface area contributed by atoms with Gasteiger partial charge in [0.25, 0.3) is 0 Å². The topological polar surface area (TPSA) is 134 Å². The maximum atomic E-state index is 14.1. The van der Waals surface area contributed by atoms with E-state index in [1.54, 1.807) is 17.0 Å². The number of amides is 5. The molecule has 4 aliphatic rings. The number of halogens is 1. The lowest BCUT2D eigenvalue weighted by Gasteiger charge is -2.42. The Morgan fingerprint density at radius 2 is 1.62 bits per heavy atom. The lowest BCUT2D eigenvalue weighted by molar-refractivity contribution is -0.135. The summed E-state index contributed by atoms with van der Waals surface area (Å²) < 4.78 is 6.02. The summed E-state index contributed by atoms with van der Waals surface area (Å²) >= 11 is 3.60. The molecule has 0 radical (unpaired) electrons. The maximum Gasteiger partial charge on any atom is 0.417 e. The average Bonchev–Trinajstić information content (AvgIpc) is 3.46. The average molecular weight is 709 g/mol. The van der Waals surface area contributed by atoms with Gasteiger partial charge in [-0.1, -0.05) is 40.5 Å². The fraction of sp³-hybridized carbons (Fsp3) is 0.529. The molecule has 0 saturated carbocycles. The number of aromatic nitrogens is 1. The number of hydrogen-bond acceptors (Lipinski definition) is 6. The minimum Gasteiger partial charge on any atom is -0.408 e. The third-order valence-corrected chi connectivity index (χ3v) is 11.1. The van der Waals surface area contributed by atoms with Gasteiger partial charge in [-0.05, 0) is 80.9 Å². The molecule has 5 amide bonds. The van der Waals surface area contributed by atoms with E-state index in [0.717, 1.165) is 47.2 Å². The van der Waals surface area contributed by atoms with Crippen LogP contribution in [0.5, 0.6) is 0 Å². The zero-order chi connectivity index (χ0) is 32.5. The van der Waals surface area contributed by atoms with Crippen LogP contribution >= 0.6 is 15.9 Å². The van der Waals surface area contributed by atoms with Gasteiger partial charge in [-0.15, -0.1) is 0 Å². The normalized spacial score (nSPS) is 20.6. The second-order valence-electron chi connectivity index (χ2n) is 13.2. The fourth-order valence-electron chi connectivity index (χ4n) is 7.68. The van der Waals surface area contributed by atoms with Gasteiger partial charge in [-0.2, -0.15) is 0 Å². The lowest BCUT2D eigenvalue weighted by atomic mass is 9.98. The van der Waals surface area contributed by atoms with Crippen LogP contribution < -0.4 is 16.4 Å². The number of nitrogens with zero attached hydrogens (tertiary/aromatic N) is 4. The van der Waals surface area contributed by atoms with Crippen molar-refractivity contribution >= 4 is 50.7 Å². The van der Waals surface area contributed by atoms with E-state index in [2.05, 4.69) is 36.4 Å². The summed E-state index contributed by atoms with van der Waals surface area (Å²) in [4.78, 5) is 63.3. The van der Waals surface area contributed by atoms with Crippen LogP contribution in [0.25, 0.3) is 11.1 Å². The number of anilines is 1. The van der Waals surface area contributed by atoms with Gasteiger partial charge in [0.15, 0.2) is 5.58 Å². The van der Waals surface area contributed by atoms with Gasteiger partial charge in [0.1, 0.15) is 6.04 Å². The van der Waals surface area contributed by atoms with Crippen molar-refractivity contribution in [2.45, 2.75) is 76.0 Å². The summed E-state index contributed by atoms with van der Waals surface area (Å²) in [5.74, 6) is -0.646. The smallest absolute Gasteiger partial charge is 0.408 e. The Morgan fingerprint density at radius 3 is 2.38 bits per heavy atom. The Bertz CT molecular complexity index is 1690. The van der Waals surface area contributed by atoms with Crippen LogP contribution in [0.15, 0.2) is 50.1 Å². The van der Waals surface area contributed by atoms with Crippen LogP contribution in [-0.4, -0.2) is 99.9 Å². The number of fused-ring (bicyclic) bond motifs is 2. The Kier molecular flexibility index (Phi) is 9.26. The second-order valence-corrected chi connectivity index (χ2v) is 14.1. The molecular weight excluding hydrogens is 666 g/mol. The highest BCUT2D eigenvalue weighted by molar-refractivity contribution is 9.10. The Balaban J connectivity index is 1.02. The van der Waals surface area contributed by atoms with Crippen LogP contribution in [0, 0.1) is 0 Å². The zero-order valence-electron chi connectivity index (χ0n) is 26.5. The Hall–Kier alpha value is -3.84. The molecule has 47 heavy (non-hydrogen) atoms. The molecule has 12 nitrogen and oxygen atoms in total. The van der Waals surface area contributed by atoms with Crippen LogP contribution in [-0.2, 0) is 17.8 Å². The number of piperidine rings is 3. The number of benzene rings is 2. The van der Waals surface area contributed by atoms with Gasteiger partial charge in [-0.25, -0.2) is 14.4 Å². The molecule has 4 aliphatic heterocycles. The number of likely N-dealkylation sites (tertiary alicyclic amines) is 3. The van der Waals surface area contributed by atoms with Crippen molar-refractivity contribution in [2.75, 3.05) is 44.6 Å². The van der Waals surface area contributed by atoms with E-state index in [1.807, 2.05) is 34.1 Å². The number of carbonyl (C=O) groups is 3. The van der Waals surface area contributed by atoms with Crippen molar-refractivity contribution in [2.24, 2.45) is 0 Å². The van der Waals surface area contributed by atoms with Crippen molar-refractivity contribution in [1.29, 1.82) is 0 Å². The zero-order valence-corrected chi connectivity index (χ0v) is 28.1. The van der Waals surface area contributed by atoms with Crippen LogP contribution in [0.1, 0.15) is 56.1 Å². The number of aromatic amines is 1. The number of rotatable bonds is 6. The molecule has 1 aromatic heterocycles. The third-order valence-electron chi connectivity index (χ3n) is 10.3. The fourth-order valence-corrected chi connectivity index (χ4v) is 8.19. The number of nitrogens with one attached hydrogen (secondary N) is 3. The van der Waals surface area contributed by atoms with E-state index >= 15 is 0 Å². The standard InChI is InChI=1S/C34H42BrN7O5/c35-26-20-28-30(47-34(46)38-28)19-23(26)18-29(31(43)40-14-8-24(9-15-40)39-12-4-1-5-13-39)37-32(44)41-16-10-25(11-17-41)42-21-22-6-2-3-7-27(22)36-33(42)45/h2-3,6-7,19-20,24-25,29H,1,4-5,8-18,21H2,(H,36,45)(H,37,44)(H,38,46). The summed E-state index contributed by atoms with van der Waals surface area (Å²) in [6.07, 6.45) is 7.18. The summed E-state index contributed by atoms with van der Waals surface area (Å²) in [6.45, 7) is 5.09. The van der Waals surface area contributed by atoms with Crippen molar-refractivity contribution in [3.63, 3.8) is 0 Å². The third kappa shape index (κ3) is 6.92. The highest BCUT2D eigenvalue weighted by Crippen LogP contribution is 2.29. The monoisotopic (exact) mass is 707 g/mol. The van der Waals surface area contributed by atoms with Gasteiger partial charge in [-0.3, -0.25) is 9.78 Å². The molecule has 3 fully saturated rings. The molecule has 2 aromatic carbocycles. The molecule has 0 spiro atoms. The van der Waals surface area contributed by atoms with Gasteiger partial charge in [0.05, 0.1) is 5.52 Å². The summed E-state index contributed by atoms with van der Waals surface area (Å²) in [5.41, 5.74) is 3.65. The van der Waals surface area contributed by atoms with Gasteiger partial charge in [0.2, 0.25) is 5.91 Å². The summed E-state index contributed by atoms with van der Waals surface area (Å²) in [5, 5.41) is 6.07. The minimum atomic E-state index is -0.796. The van der Waals surface area contributed by atoms with Crippen molar-refractivity contribution in [1.82, 2.24) is 29.9 Å². The molecule has 0 bridgehead atoms. The van der Waals surface area contributed by atoms with E-state index in [4.69, 9.17) is 4.42 Å². The van der Waals surface area contributed by atoms with Crippen molar-refractivity contribution in [3.05, 3.63) is 62.5 Å². The van der Waals surface area contributed by atoms with Crippen LogP contribution in [0.4, 0.5) is 15.3 Å². The highest BCUT2D eigenvalue weighted by atomic mass is 79.9. The Labute approximate surface area is 281 Å². The first kappa shape index (κ1) is 31.7. The van der Waals surface area contributed by atoms with E-state index in [-0.39, 0.29) is 30.4 Å². The number of hydrogen-bond donors (Lipinski definition) is 3. The van der Waals surface area contributed by atoms with Crippen molar-refractivity contribution < 1.29 is 18.8 Å². The molecular formula is C34H42BrN7O5. The minimum absolute atomic E-state index is 0.0183. The molecule has 3 saturated heterocycles. The molecule has 1 atom stereocenters. The molecule has 5 heterocycles. The SMILES string of the molecule is O=C(NC(Cc1cc2oc(=O)[nH]c2cc1Br)C(=O)N1CCC(N2CCCCC2)CC1)N1CCC(N2Cc3ccccc3NC2=O)CC1. The van der Waals surface area contributed by atoms with Crippen LogP contribution in [0.3, 0.4) is 0 Å². The Morgan fingerprint density at radius 1 is 0.915 bits per heavy atom. The maximum absolute atomic E-state index is 14.1. The largest absolute Gasteiger partial charge is 0.417 e. The summed E-state index contributed by atoms with van der Waals surface area (Å²) in [6, 6.07) is 10.7. The quantitative estimate of drug-likeness (QED) is 0.346. The molecule has 250 valence electrons. The van der Waals surface area contributed by atoms with E-state index < -0.39 is 11.8 Å². The number of oxazole rings is 1. The number of urea groups is 2. The van der Waals surface area contributed by atoms with E-state index in [9.17, 15) is 19.2 Å².